The van der Waals surface area contributed by atoms with Crippen molar-refractivity contribution in [2.75, 3.05) is 27.4 Å². The lowest BCUT2D eigenvalue weighted by atomic mass is 9.89. The van der Waals surface area contributed by atoms with E-state index in [0.717, 1.165) is 13.0 Å². The Bertz CT molecular complexity index is 158. The van der Waals surface area contributed by atoms with Crippen LogP contribution >= 0.6 is 0 Å². The molecular weight excluding hydrogens is 194 g/mol. The van der Waals surface area contributed by atoms with Gasteiger partial charge in [-0.1, -0.05) is 13.8 Å². The van der Waals surface area contributed by atoms with Gasteiger partial charge in [-0.05, 0) is 18.8 Å². The van der Waals surface area contributed by atoms with Crippen molar-refractivity contribution in [3.8, 4) is 0 Å². The molecule has 4 heteroatoms. The summed E-state index contributed by atoms with van der Waals surface area (Å²) >= 11 is 0. The van der Waals surface area contributed by atoms with Crippen molar-refractivity contribution < 1.29 is 14.6 Å². The van der Waals surface area contributed by atoms with Gasteiger partial charge in [0.1, 0.15) is 0 Å². The van der Waals surface area contributed by atoms with Crippen LogP contribution in [-0.2, 0) is 9.47 Å². The maximum absolute atomic E-state index is 8.89. The molecular formula is C11H25NO3. The molecule has 0 spiro atoms. The summed E-state index contributed by atoms with van der Waals surface area (Å²) in [6.45, 7) is 7.32. The Morgan fingerprint density at radius 1 is 1.27 bits per heavy atom. The Labute approximate surface area is 93.0 Å². The number of ether oxygens (including phenoxy) is 2. The molecule has 1 atom stereocenters. The van der Waals surface area contributed by atoms with E-state index in [1.165, 1.54) is 0 Å². The molecule has 2 N–H and O–H groups in total. The van der Waals surface area contributed by atoms with Gasteiger partial charge in [0, 0.05) is 27.4 Å². The zero-order valence-corrected chi connectivity index (χ0v) is 10.5. The third-order valence-electron chi connectivity index (χ3n) is 2.56. The highest BCUT2D eigenvalue weighted by Gasteiger charge is 2.21. The Kier molecular flexibility index (Phi) is 7.09. The van der Waals surface area contributed by atoms with Crippen molar-refractivity contribution in [3.63, 3.8) is 0 Å². The second-order valence-corrected chi connectivity index (χ2v) is 4.65. The van der Waals surface area contributed by atoms with Gasteiger partial charge in [-0.3, -0.25) is 0 Å². The highest BCUT2D eigenvalue weighted by Crippen LogP contribution is 2.18. The lowest BCUT2D eigenvalue weighted by Crippen LogP contribution is -2.43. The SMILES string of the molecule is COC(OC)C(C)NCC(C)(C)CCO. The van der Waals surface area contributed by atoms with Crippen molar-refractivity contribution in [1.82, 2.24) is 5.32 Å². The van der Waals surface area contributed by atoms with Gasteiger partial charge < -0.3 is 19.9 Å². The number of aliphatic hydroxyl groups excluding tert-OH is 1. The van der Waals surface area contributed by atoms with Crippen LogP contribution < -0.4 is 5.32 Å². The largest absolute Gasteiger partial charge is 0.396 e. The molecule has 0 amide bonds. The molecule has 0 aromatic rings. The van der Waals surface area contributed by atoms with Gasteiger partial charge in [-0.2, -0.15) is 0 Å². The minimum atomic E-state index is -0.227. The van der Waals surface area contributed by atoms with Crippen LogP contribution in [0.1, 0.15) is 27.2 Å². The predicted octanol–water partition coefficient (Wildman–Crippen LogP) is 0.992. The van der Waals surface area contributed by atoms with Crippen LogP contribution in [0.25, 0.3) is 0 Å². The minimum Gasteiger partial charge on any atom is -0.396 e. The van der Waals surface area contributed by atoms with Gasteiger partial charge >= 0.3 is 0 Å². The molecule has 0 aliphatic rings. The molecule has 0 heterocycles. The van der Waals surface area contributed by atoms with Crippen LogP contribution in [0.3, 0.4) is 0 Å². The topological polar surface area (TPSA) is 50.7 Å². The number of nitrogens with one attached hydrogen (secondary N) is 1. The van der Waals surface area contributed by atoms with E-state index in [1.54, 1.807) is 14.2 Å². The van der Waals surface area contributed by atoms with Crippen LogP contribution in [0.5, 0.6) is 0 Å². The summed E-state index contributed by atoms with van der Waals surface area (Å²) in [6.07, 6.45) is 0.562. The van der Waals surface area contributed by atoms with Gasteiger partial charge in [0.05, 0.1) is 6.04 Å². The van der Waals surface area contributed by atoms with Crippen LogP contribution in [0.2, 0.25) is 0 Å². The summed E-state index contributed by atoms with van der Waals surface area (Å²) in [7, 11) is 3.26. The molecule has 1 unspecified atom stereocenters. The fourth-order valence-electron chi connectivity index (χ4n) is 1.43. The third kappa shape index (κ3) is 6.10. The molecule has 0 aromatic heterocycles. The first-order chi connectivity index (χ1) is 6.96. The van der Waals surface area contributed by atoms with Crippen LogP contribution in [0, 0.1) is 5.41 Å². The van der Waals surface area contributed by atoms with E-state index in [9.17, 15) is 0 Å². The summed E-state index contributed by atoms with van der Waals surface area (Å²) in [5.41, 5.74) is 0.0923. The normalized spacial score (nSPS) is 14.6. The zero-order valence-electron chi connectivity index (χ0n) is 10.5. The second-order valence-electron chi connectivity index (χ2n) is 4.65. The summed E-state index contributed by atoms with van der Waals surface area (Å²) in [4.78, 5) is 0. The van der Waals surface area contributed by atoms with Gasteiger partial charge in [-0.15, -0.1) is 0 Å². The number of hydrogen-bond acceptors (Lipinski definition) is 4. The number of methoxy groups -OCH3 is 2. The maximum atomic E-state index is 8.89. The van der Waals surface area contributed by atoms with E-state index in [-0.39, 0.29) is 24.4 Å². The summed E-state index contributed by atoms with van der Waals surface area (Å²) < 4.78 is 10.3. The van der Waals surface area contributed by atoms with E-state index < -0.39 is 0 Å². The molecule has 92 valence electrons. The summed E-state index contributed by atoms with van der Waals surface area (Å²) in [6, 6.07) is 0.137. The smallest absolute Gasteiger partial charge is 0.171 e. The summed E-state index contributed by atoms with van der Waals surface area (Å²) in [5.74, 6) is 0. The van der Waals surface area contributed by atoms with Crippen LogP contribution in [0.4, 0.5) is 0 Å². The van der Waals surface area contributed by atoms with E-state index in [1.807, 2.05) is 6.92 Å². The third-order valence-corrected chi connectivity index (χ3v) is 2.56. The molecule has 4 nitrogen and oxygen atoms in total. The van der Waals surface area contributed by atoms with Gasteiger partial charge in [0.15, 0.2) is 6.29 Å². The minimum absolute atomic E-state index is 0.0923. The van der Waals surface area contributed by atoms with Crippen molar-refractivity contribution in [1.29, 1.82) is 0 Å². The van der Waals surface area contributed by atoms with Gasteiger partial charge in [-0.25, -0.2) is 0 Å². The highest BCUT2D eigenvalue weighted by molar-refractivity contribution is 4.74. The Morgan fingerprint density at radius 2 is 1.80 bits per heavy atom. The van der Waals surface area contributed by atoms with Crippen LogP contribution in [-0.4, -0.2) is 44.8 Å². The maximum Gasteiger partial charge on any atom is 0.171 e. The van der Waals surface area contributed by atoms with E-state index in [0.29, 0.717) is 0 Å². The van der Waals surface area contributed by atoms with E-state index in [2.05, 4.69) is 19.2 Å². The predicted molar refractivity (Wildman–Crippen MR) is 60.8 cm³/mol. The van der Waals surface area contributed by atoms with Crippen molar-refractivity contribution in [2.24, 2.45) is 5.41 Å². The fraction of sp³-hybridized carbons (Fsp3) is 1.00. The molecule has 0 saturated carbocycles. The van der Waals surface area contributed by atoms with Gasteiger partial charge in [0.2, 0.25) is 0 Å². The number of hydrogen-bond donors (Lipinski definition) is 2. The fourth-order valence-corrected chi connectivity index (χ4v) is 1.43. The summed E-state index contributed by atoms with van der Waals surface area (Å²) in [5, 5.41) is 12.2. The number of aliphatic hydroxyl groups is 1. The lowest BCUT2D eigenvalue weighted by Gasteiger charge is -2.29. The Morgan fingerprint density at radius 3 is 2.20 bits per heavy atom. The van der Waals surface area contributed by atoms with Crippen molar-refractivity contribution >= 4 is 0 Å². The quantitative estimate of drug-likeness (QED) is 0.598. The molecule has 0 radical (unpaired) electrons. The molecule has 0 saturated heterocycles. The standard InChI is InChI=1S/C11H25NO3/c1-9(10(14-4)15-5)12-8-11(2,3)6-7-13/h9-10,12-13H,6-8H2,1-5H3. The molecule has 15 heavy (non-hydrogen) atoms. The first kappa shape index (κ1) is 14.8. The van der Waals surface area contributed by atoms with Crippen molar-refractivity contribution in [3.05, 3.63) is 0 Å². The van der Waals surface area contributed by atoms with Crippen molar-refractivity contribution in [2.45, 2.75) is 39.5 Å². The molecule has 0 rings (SSSR count). The first-order valence-corrected chi connectivity index (χ1v) is 5.36. The average molecular weight is 219 g/mol. The highest BCUT2D eigenvalue weighted by atomic mass is 16.7. The molecule has 0 aliphatic heterocycles. The molecule has 0 fully saturated rings. The van der Waals surface area contributed by atoms with E-state index >= 15 is 0 Å². The Balaban J connectivity index is 3.92. The van der Waals surface area contributed by atoms with Crippen LogP contribution in [0.15, 0.2) is 0 Å². The molecule has 0 aromatic carbocycles. The second kappa shape index (κ2) is 7.17. The first-order valence-electron chi connectivity index (χ1n) is 5.36. The average Bonchev–Trinajstić information content (AvgIpc) is 2.17. The van der Waals surface area contributed by atoms with Gasteiger partial charge in [0.25, 0.3) is 0 Å². The number of rotatable bonds is 8. The lowest BCUT2D eigenvalue weighted by molar-refractivity contribution is -0.120. The Hall–Kier alpha value is -0.160. The monoisotopic (exact) mass is 219 g/mol. The molecule has 0 bridgehead atoms. The zero-order chi connectivity index (χ0) is 11.9. The van der Waals surface area contributed by atoms with E-state index in [4.69, 9.17) is 14.6 Å². The molecule has 0 aliphatic carbocycles.